The third kappa shape index (κ3) is 0.991. The lowest BCUT2D eigenvalue weighted by atomic mass is 10.2. The molecule has 0 saturated carbocycles. The second-order valence-corrected chi connectivity index (χ2v) is 1.41. The van der Waals surface area contributed by atoms with Gasteiger partial charge in [-0.3, -0.25) is 0 Å². The quantitative estimate of drug-likeness (QED) is 0.391. The van der Waals surface area contributed by atoms with Gasteiger partial charge in [0, 0.05) is 6.61 Å². The highest BCUT2D eigenvalue weighted by molar-refractivity contribution is 6.23. The second-order valence-electron chi connectivity index (χ2n) is 1.41. The normalized spacial score (nSPS) is 22.7. The predicted molar refractivity (Wildman–Crippen MR) is 25.7 cm³/mol. The molecular weight excluding hydrogens is 76.9 g/mol. The van der Waals surface area contributed by atoms with Gasteiger partial charge in [0.25, 0.3) is 0 Å². The molecule has 34 valence electrons. The standard InChI is InChI=1S/C3H8BNO/c1-2-5-4-6-3-1/h4-5H,1-3H2. The van der Waals surface area contributed by atoms with Crippen molar-refractivity contribution in [2.45, 2.75) is 6.42 Å². The van der Waals surface area contributed by atoms with Crippen LogP contribution in [0.4, 0.5) is 0 Å². The first-order chi connectivity index (χ1) is 3.00. The van der Waals surface area contributed by atoms with Gasteiger partial charge in [-0.25, -0.2) is 0 Å². The van der Waals surface area contributed by atoms with Gasteiger partial charge in [0.1, 0.15) is 0 Å². The van der Waals surface area contributed by atoms with Crippen molar-refractivity contribution in [3.05, 3.63) is 0 Å². The Morgan fingerprint density at radius 3 is 2.83 bits per heavy atom. The maximum Gasteiger partial charge on any atom is 0.360 e. The van der Waals surface area contributed by atoms with Crippen LogP contribution in [0.5, 0.6) is 0 Å². The minimum absolute atomic E-state index is 0.750. The maximum absolute atomic E-state index is 4.96. The van der Waals surface area contributed by atoms with Crippen molar-refractivity contribution in [1.82, 2.24) is 5.23 Å². The molecule has 0 aliphatic carbocycles. The van der Waals surface area contributed by atoms with Crippen LogP contribution in [0.25, 0.3) is 0 Å². The van der Waals surface area contributed by atoms with Gasteiger partial charge in [0.15, 0.2) is 0 Å². The Morgan fingerprint density at radius 2 is 2.67 bits per heavy atom. The van der Waals surface area contributed by atoms with Crippen LogP contribution in [-0.4, -0.2) is 20.8 Å². The molecule has 0 unspecified atom stereocenters. The molecule has 1 N–H and O–H groups in total. The molecule has 0 aromatic carbocycles. The van der Waals surface area contributed by atoms with Gasteiger partial charge in [-0.1, -0.05) is 0 Å². The van der Waals surface area contributed by atoms with Gasteiger partial charge < -0.3 is 9.88 Å². The fourth-order valence-corrected chi connectivity index (χ4v) is 0.516. The van der Waals surface area contributed by atoms with Crippen molar-refractivity contribution in [3.63, 3.8) is 0 Å². The molecule has 1 aliphatic rings. The molecule has 0 radical (unpaired) electrons. The second kappa shape index (κ2) is 2.21. The van der Waals surface area contributed by atoms with E-state index in [-0.39, 0.29) is 0 Å². The largest absolute Gasteiger partial charge is 0.424 e. The van der Waals surface area contributed by atoms with E-state index in [4.69, 9.17) is 4.65 Å². The zero-order valence-corrected chi connectivity index (χ0v) is 3.74. The first kappa shape index (κ1) is 4.15. The molecule has 0 spiro atoms. The van der Waals surface area contributed by atoms with Crippen LogP contribution in [0.3, 0.4) is 0 Å². The summed E-state index contributed by atoms with van der Waals surface area (Å²) in [6, 6.07) is 0. The van der Waals surface area contributed by atoms with E-state index in [0.29, 0.717) is 0 Å². The van der Waals surface area contributed by atoms with E-state index in [2.05, 4.69) is 5.23 Å². The van der Waals surface area contributed by atoms with Crippen molar-refractivity contribution in [1.29, 1.82) is 0 Å². The fraction of sp³-hybridized carbons (Fsp3) is 1.00. The van der Waals surface area contributed by atoms with E-state index < -0.39 is 0 Å². The third-order valence-corrected chi connectivity index (χ3v) is 0.846. The molecule has 0 atom stereocenters. The minimum Gasteiger partial charge on any atom is -0.424 e. The Hall–Kier alpha value is -0.0151. The van der Waals surface area contributed by atoms with Crippen LogP contribution in [0, 0.1) is 0 Å². The van der Waals surface area contributed by atoms with E-state index in [1.807, 2.05) is 0 Å². The molecule has 3 heteroatoms. The van der Waals surface area contributed by atoms with Gasteiger partial charge in [-0.15, -0.1) is 0 Å². The number of hydrogen-bond acceptors (Lipinski definition) is 2. The number of nitrogens with one attached hydrogen (secondary N) is 1. The van der Waals surface area contributed by atoms with Crippen molar-refractivity contribution in [2.24, 2.45) is 0 Å². The highest BCUT2D eigenvalue weighted by Crippen LogP contribution is 1.81. The molecule has 6 heavy (non-hydrogen) atoms. The van der Waals surface area contributed by atoms with Crippen LogP contribution < -0.4 is 5.23 Å². The lowest BCUT2D eigenvalue weighted by Crippen LogP contribution is -2.29. The van der Waals surface area contributed by atoms with E-state index in [9.17, 15) is 0 Å². The zero-order valence-electron chi connectivity index (χ0n) is 3.74. The molecule has 0 aromatic heterocycles. The lowest BCUT2D eigenvalue weighted by molar-refractivity contribution is 0.298. The zero-order chi connectivity index (χ0) is 4.24. The highest BCUT2D eigenvalue weighted by Gasteiger charge is 1.96. The Morgan fingerprint density at radius 1 is 1.67 bits per heavy atom. The van der Waals surface area contributed by atoms with E-state index in [0.717, 1.165) is 20.8 Å². The Labute approximate surface area is 38.2 Å². The molecule has 1 heterocycles. The molecule has 1 aliphatic heterocycles. The first-order valence-corrected chi connectivity index (χ1v) is 2.28. The van der Waals surface area contributed by atoms with Crippen LogP contribution in [0.15, 0.2) is 0 Å². The molecule has 1 saturated heterocycles. The SMILES string of the molecule is B1NCCCO1. The van der Waals surface area contributed by atoms with Crippen LogP contribution in [0.2, 0.25) is 0 Å². The van der Waals surface area contributed by atoms with Gasteiger partial charge in [0.05, 0.1) is 0 Å². The molecule has 2 nitrogen and oxygen atoms in total. The van der Waals surface area contributed by atoms with Crippen molar-refractivity contribution in [2.75, 3.05) is 13.2 Å². The van der Waals surface area contributed by atoms with E-state index in [1.54, 1.807) is 0 Å². The maximum atomic E-state index is 4.96. The van der Waals surface area contributed by atoms with Gasteiger partial charge in [0.2, 0.25) is 0 Å². The van der Waals surface area contributed by atoms with Gasteiger partial charge >= 0.3 is 7.62 Å². The summed E-state index contributed by atoms with van der Waals surface area (Å²) in [4.78, 5) is 0. The first-order valence-electron chi connectivity index (χ1n) is 2.28. The molecule has 1 fully saturated rings. The summed E-state index contributed by atoms with van der Waals surface area (Å²) in [5, 5.41) is 3.06. The fourth-order valence-electron chi connectivity index (χ4n) is 0.516. The summed E-state index contributed by atoms with van der Waals surface area (Å²) in [6.07, 6.45) is 1.17. The van der Waals surface area contributed by atoms with E-state index >= 15 is 0 Å². The molecular formula is C3H8BNO. The molecule has 0 bridgehead atoms. The summed E-state index contributed by atoms with van der Waals surface area (Å²) in [6.45, 7) is 2.06. The molecule has 0 aromatic rings. The summed E-state index contributed by atoms with van der Waals surface area (Å²) < 4.78 is 4.96. The summed E-state index contributed by atoms with van der Waals surface area (Å²) >= 11 is 0. The van der Waals surface area contributed by atoms with Crippen molar-refractivity contribution in [3.8, 4) is 0 Å². The van der Waals surface area contributed by atoms with Crippen LogP contribution >= 0.6 is 0 Å². The summed E-state index contributed by atoms with van der Waals surface area (Å²) in [5.74, 6) is 0. The van der Waals surface area contributed by atoms with Crippen LogP contribution in [0.1, 0.15) is 6.42 Å². The average Bonchev–Trinajstić information content (AvgIpc) is 1.72. The van der Waals surface area contributed by atoms with Crippen molar-refractivity contribution < 1.29 is 4.65 Å². The number of hydrogen-bond donors (Lipinski definition) is 1. The highest BCUT2D eigenvalue weighted by atomic mass is 16.4. The number of rotatable bonds is 0. The Bertz CT molecular complexity index is 26.3. The Kier molecular flexibility index (Phi) is 1.53. The average molecular weight is 84.9 g/mol. The third-order valence-electron chi connectivity index (χ3n) is 0.846. The Balaban J connectivity index is 2.00. The summed E-state index contributed by atoms with van der Waals surface area (Å²) in [7, 11) is 0.750. The topological polar surface area (TPSA) is 21.3 Å². The van der Waals surface area contributed by atoms with Gasteiger partial charge in [-0.05, 0) is 13.0 Å². The molecule has 0 amide bonds. The molecule has 1 rings (SSSR count). The monoisotopic (exact) mass is 85.1 g/mol. The smallest absolute Gasteiger partial charge is 0.360 e. The summed E-state index contributed by atoms with van der Waals surface area (Å²) in [5.41, 5.74) is 0. The van der Waals surface area contributed by atoms with Gasteiger partial charge in [-0.2, -0.15) is 0 Å². The predicted octanol–water partition coefficient (Wildman–Crippen LogP) is -0.737. The van der Waals surface area contributed by atoms with Crippen LogP contribution in [-0.2, 0) is 4.65 Å². The lowest BCUT2D eigenvalue weighted by Gasteiger charge is -2.08. The van der Waals surface area contributed by atoms with Crippen molar-refractivity contribution >= 4 is 7.62 Å². The van der Waals surface area contributed by atoms with E-state index in [1.165, 1.54) is 6.42 Å². The minimum atomic E-state index is 0.750.